The molecule has 0 spiro atoms. The van der Waals surface area contributed by atoms with Gasteiger partial charge < -0.3 is 15.8 Å². The molecule has 128 valence electrons. The van der Waals surface area contributed by atoms with Gasteiger partial charge in [0.25, 0.3) is 0 Å². The lowest BCUT2D eigenvalue weighted by Crippen LogP contribution is -2.29. The predicted molar refractivity (Wildman–Crippen MR) is 88.6 cm³/mol. The molecule has 3 atom stereocenters. The Balaban J connectivity index is 1.50. The maximum Gasteiger partial charge on any atom is 0.407 e. The minimum atomic E-state index is -0.377. The van der Waals surface area contributed by atoms with Gasteiger partial charge in [-0.15, -0.1) is 11.8 Å². The molecule has 23 heavy (non-hydrogen) atoms. The molecule has 3 N–H and O–H groups in total. The van der Waals surface area contributed by atoms with E-state index in [0.717, 1.165) is 38.5 Å². The first-order valence-electron chi connectivity index (χ1n) is 8.72. The Morgan fingerprint density at radius 2 is 1.87 bits per heavy atom. The van der Waals surface area contributed by atoms with Crippen molar-refractivity contribution in [3.05, 3.63) is 0 Å². The third-order valence-corrected chi connectivity index (χ3v) is 4.98. The van der Waals surface area contributed by atoms with E-state index < -0.39 is 0 Å². The molecule has 0 aliphatic heterocycles. The van der Waals surface area contributed by atoms with Crippen LogP contribution in [-0.4, -0.2) is 31.1 Å². The molecule has 2 rings (SSSR count). The zero-order valence-electron chi connectivity index (χ0n) is 14.0. The van der Waals surface area contributed by atoms with E-state index in [1.807, 2.05) is 0 Å². The molecule has 1 fully saturated rings. The molecule has 0 radical (unpaired) electrons. The Bertz CT molecular complexity index is 462. The fourth-order valence-electron chi connectivity index (χ4n) is 3.39. The molecular weight excluding hydrogens is 292 g/mol. The number of amides is 1. The van der Waals surface area contributed by atoms with Gasteiger partial charge in [-0.2, -0.15) is 0 Å². The molecule has 0 aromatic heterocycles. The van der Waals surface area contributed by atoms with Gasteiger partial charge in [-0.3, -0.25) is 4.79 Å². The van der Waals surface area contributed by atoms with Crippen LogP contribution in [-0.2, 0) is 9.53 Å². The lowest BCUT2D eigenvalue weighted by molar-refractivity contribution is -0.118. The number of nitrogens with one attached hydrogen (secondary N) is 1. The number of alkyl carbamates (subject to hydrolysis) is 1. The average Bonchev–Trinajstić information content (AvgIpc) is 3.14. The Morgan fingerprint density at radius 3 is 2.48 bits per heavy atom. The molecule has 5 heteroatoms. The molecular formula is C18H28N2O3. The topological polar surface area (TPSA) is 81.4 Å². The van der Waals surface area contributed by atoms with Gasteiger partial charge in [-0.05, 0) is 56.8 Å². The van der Waals surface area contributed by atoms with E-state index in [1.165, 1.54) is 6.92 Å². The zero-order chi connectivity index (χ0) is 16.7. The number of Topliss-reactive ketones (excluding diaryl/α,β-unsaturated/α-hetero) is 1. The summed E-state index contributed by atoms with van der Waals surface area (Å²) in [6, 6.07) is -0.377. The average molecular weight is 320 g/mol. The van der Waals surface area contributed by atoms with Crippen LogP contribution in [0.4, 0.5) is 4.79 Å². The van der Waals surface area contributed by atoms with Crippen LogP contribution < -0.4 is 11.1 Å². The monoisotopic (exact) mass is 320 g/mol. The maximum atomic E-state index is 11.7. The summed E-state index contributed by atoms with van der Waals surface area (Å²) in [5, 5.41) is 2.76. The van der Waals surface area contributed by atoms with Gasteiger partial charge in [-0.1, -0.05) is 0 Å². The van der Waals surface area contributed by atoms with E-state index in [-0.39, 0.29) is 17.9 Å². The van der Waals surface area contributed by atoms with E-state index in [4.69, 9.17) is 10.5 Å². The molecule has 0 aromatic rings. The summed E-state index contributed by atoms with van der Waals surface area (Å²) in [6.45, 7) is 2.59. The molecule has 2 aliphatic carbocycles. The highest BCUT2D eigenvalue weighted by Gasteiger charge is 2.49. The number of hydrogen-bond donors (Lipinski definition) is 2. The smallest absolute Gasteiger partial charge is 0.407 e. The number of ketones is 1. The minimum absolute atomic E-state index is 0.0141. The molecule has 0 aromatic carbocycles. The van der Waals surface area contributed by atoms with E-state index in [9.17, 15) is 9.59 Å². The Hall–Kier alpha value is -1.54. The Kier molecular flexibility index (Phi) is 6.91. The zero-order valence-corrected chi connectivity index (χ0v) is 14.0. The summed E-state index contributed by atoms with van der Waals surface area (Å²) in [6.07, 6.45) is 6.21. The molecule has 0 heterocycles. The Labute approximate surface area is 138 Å². The van der Waals surface area contributed by atoms with Crippen LogP contribution >= 0.6 is 0 Å². The van der Waals surface area contributed by atoms with E-state index >= 15 is 0 Å². The molecule has 1 amide bonds. The number of unbranched alkanes of at least 4 members (excludes halogenated alkanes) is 1. The fraction of sp³-hybridized carbons (Fsp3) is 0.778. The first kappa shape index (κ1) is 17.8. The van der Waals surface area contributed by atoms with Crippen LogP contribution in [0.5, 0.6) is 0 Å². The summed E-state index contributed by atoms with van der Waals surface area (Å²) in [5.74, 6) is 8.31. The van der Waals surface area contributed by atoms with Crippen molar-refractivity contribution in [1.29, 1.82) is 0 Å². The number of hydrogen-bond acceptors (Lipinski definition) is 4. The molecule has 5 nitrogen and oxygen atoms in total. The van der Waals surface area contributed by atoms with Crippen molar-refractivity contribution in [2.75, 3.05) is 13.2 Å². The number of carbonyl (C=O) groups excluding carboxylic acids is 2. The van der Waals surface area contributed by atoms with Gasteiger partial charge >= 0.3 is 6.09 Å². The van der Waals surface area contributed by atoms with Crippen molar-refractivity contribution in [2.24, 2.45) is 23.5 Å². The first-order chi connectivity index (χ1) is 11.1. The van der Waals surface area contributed by atoms with Crippen LogP contribution in [0.2, 0.25) is 0 Å². The normalized spacial score (nSPS) is 26.6. The summed E-state index contributed by atoms with van der Waals surface area (Å²) in [4.78, 5) is 22.7. The van der Waals surface area contributed by atoms with E-state index in [0.29, 0.717) is 37.3 Å². The van der Waals surface area contributed by atoms with Crippen LogP contribution in [0.3, 0.4) is 0 Å². The summed E-state index contributed by atoms with van der Waals surface area (Å²) >= 11 is 0. The highest BCUT2D eigenvalue weighted by molar-refractivity contribution is 5.81. The second-order valence-electron chi connectivity index (χ2n) is 6.66. The van der Waals surface area contributed by atoms with Gasteiger partial charge in [0, 0.05) is 19.4 Å². The molecule has 3 unspecified atom stereocenters. The standard InChI is InChI=1S/C18H28N2O3/c1-13(21)17(19)10-6-7-11-20-18(22)23-12-16-14-8-4-2-3-5-9-15(14)16/h14-17H,4-12,19H2,1H3,(H,20,22). The third-order valence-electron chi connectivity index (χ3n) is 4.98. The molecule has 2 aliphatic rings. The molecule has 1 saturated carbocycles. The largest absolute Gasteiger partial charge is 0.449 e. The van der Waals surface area contributed by atoms with Crippen LogP contribution in [0.1, 0.15) is 51.9 Å². The fourth-order valence-corrected chi connectivity index (χ4v) is 3.39. The van der Waals surface area contributed by atoms with Crippen LogP contribution in [0.15, 0.2) is 0 Å². The summed E-state index contributed by atoms with van der Waals surface area (Å²) in [5.41, 5.74) is 5.66. The number of nitrogens with two attached hydrogens (primary N) is 1. The second-order valence-corrected chi connectivity index (χ2v) is 6.66. The van der Waals surface area contributed by atoms with E-state index in [2.05, 4.69) is 17.2 Å². The van der Waals surface area contributed by atoms with E-state index in [1.54, 1.807) is 0 Å². The number of fused-ring (bicyclic) bond motifs is 1. The van der Waals surface area contributed by atoms with Crippen molar-refractivity contribution >= 4 is 11.9 Å². The van der Waals surface area contributed by atoms with Crippen molar-refractivity contribution in [3.8, 4) is 11.8 Å². The summed E-state index contributed by atoms with van der Waals surface area (Å²) < 4.78 is 5.34. The second kappa shape index (κ2) is 8.93. The van der Waals surface area contributed by atoms with Gasteiger partial charge in [0.05, 0.1) is 12.6 Å². The van der Waals surface area contributed by atoms with Gasteiger partial charge in [0.1, 0.15) is 5.78 Å². The summed E-state index contributed by atoms with van der Waals surface area (Å²) in [7, 11) is 0. The maximum absolute atomic E-state index is 11.7. The first-order valence-corrected chi connectivity index (χ1v) is 8.72. The van der Waals surface area contributed by atoms with Crippen molar-refractivity contribution in [3.63, 3.8) is 0 Å². The van der Waals surface area contributed by atoms with Crippen LogP contribution in [0, 0.1) is 29.6 Å². The van der Waals surface area contributed by atoms with Crippen LogP contribution in [0.25, 0.3) is 0 Å². The number of rotatable bonds is 8. The van der Waals surface area contributed by atoms with Gasteiger partial charge in [0.2, 0.25) is 0 Å². The van der Waals surface area contributed by atoms with Crippen molar-refractivity contribution in [1.82, 2.24) is 5.32 Å². The molecule has 0 saturated heterocycles. The Morgan fingerprint density at radius 1 is 1.22 bits per heavy atom. The minimum Gasteiger partial charge on any atom is -0.449 e. The third kappa shape index (κ3) is 5.87. The predicted octanol–water partition coefficient (Wildman–Crippen LogP) is 2.24. The quantitative estimate of drug-likeness (QED) is 0.531. The van der Waals surface area contributed by atoms with Gasteiger partial charge in [-0.25, -0.2) is 4.79 Å². The number of ether oxygens (including phenoxy) is 1. The lowest BCUT2D eigenvalue weighted by Gasteiger charge is -2.09. The number of carbonyl (C=O) groups is 2. The highest BCUT2D eigenvalue weighted by Crippen LogP contribution is 2.52. The van der Waals surface area contributed by atoms with Gasteiger partial charge in [0.15, 0.2) is 0 Å². The highest BCUT2D eigenvalue weighted by atomic mass is 16.5. The van der Waals surface area contributed by atoms with Crippen molar-refractivity contribution in [2.45, 2.75) is 57.9 Å². The SMILES string of the molecule is CC(=O)C(N)CCCCNC(=O)OCC1C2CCC#CCCC21. The lowest BCUT2D eigenvalue weighted by atomic mass is 10.1. The molecule has 0 bridgehead atoms. The van der Waals surface area contributed by atoms with Crippen molar-refractivity contribution < 1.29 is 14.3 Å².